The molecule has 258 valence electrons. The molecule has 0 aliphatic rings. The van der Waals surface area contributed by atoms with Crippen LogP contribution in [0.5, 0.6) is 11.5 Å². The summed E-state index contributed by atoms with van der Waals surface area (Å²) >= 11 is 0. The van der Waals surface area contributed by atoms with E-state index in [4.69, 9.17) is 18.9 Å². The quantitative estimate of drug-likeness (QED) is 0.0904. The standard InChI is InChI=1S/C41H39F2O6S/c1-28-36(46-26-38(44)48-40(2,3)29-14-12-16-31(42)22-29)24-35(50(33-18-8-6-9-19-33)34-20-10-7-11-21-34)25-37(28)47-27-39(45)49-41(4,5)30-15-13-17-32(43)23-30/h6-25H,26-27H2,1-5H3/q+1. The Hall–Kier alpha value is -5.15. The smallest absolute Gasteiger partial charge is 0.345 e. The first kappa shape index (κ1) is 36.1. The predicted octanol–water partition coefficient (Wildman–Crippen LogP) is 9.08. The molecule has 0 unspecified atom stereocenters. The molecule has 5 rings (SSSR count). The van der Waals surface area contributed by atoms with Gasteiger partial charge in [-0.05, 0) is 94.3 Å². The van der Waals surface area contributed by atoms with Crippen molar-refractivity contribution in [3.05, 3.63) is 150 Å². The molecule has 0 aliphatic carbocycles. The van der Waals surface area contributed by atoms with E-state index >= 15 is 0 Å². The molecule has 0 saturated heterocycles. The Balaban J connectivity index is 1.43. The number of carbonyl (C=O) groups is 2. The number of halogens is 2. The first-order chi connectivity index (χ1) is 23.8. The highest BCUT2D eigenvalue weighted by Crippen LogP contribution is 2.39. The summed E-state index contributed by atoms with van der Waals surface area (Å²) in [6.45, 7) is 7.61. The van der Waals surface area contributed by atoms with Crippen molar-refractivity contribution >= 4 is 22.8 Å². The molecule has 0 atom stereocenters. The third kappa shape index (κ3) is 9.09. The molecule has 0 amide bonds. The van der Waals surface area contributed by atoms with Gasteiger partial charge in [0, 0.05) is 17.7 Å². The summed E-state index contributed by atoms with van der Waals surface area (Å²) in [5.41, 5.74) is -0.669. The van der Waals surface area contributed by atoms with Crippen LogP contribution in [0.3, 0.4) is 0 Å². The maximum absolute atomic E-state index is 13.9. The van der Waals surface area contributed by atoms with E-state index in [0.29, 0.717) is 28.2 Å². The normalized spacial score (nSPS) is 11.6. The minimum atomic E-state index is -1.11. The summed E-state index contributed by atoms with van der Waals surface area (Å²) in [7, 11) is -0.622. The Labute approximate surface area is 294 Å². The van der Waals surface area contributed by atoms with Crippen LogP contribution in [0.15, 0.2) is 136 Å². The molecule has 0 radical (unpaired) electrons. The summed E-state index contributed by atoms with van der Waals surface area (Å²) in [6, 6.07) is 35.4. The zero-order valence-corrected chi connectivity index (χ0v) is 29.4. The average molecular weight is 698 g/mol. The molecule has 0 bridgehead atoms. The number of hydrogen-bond donors (Lipinski definition) is 0. The third-order valence-electron chi connectivity index (χ3n) is 7.95. The highest BCUT2D eigenvalue weighted by molar-refractivity contribution is 7.97. The minimum absolute atomic E-state index is 0.357. The zero-order valence-electron chi connectivity index (χ0n) is 28.6. The van der Waals surface area contributed by atoms with E-state index in [9.17, 15) is 18.4 Å². The van der Waals surface area contributed by atoms with Gasteiger partial charge in [-0.15, -0.1) is 0 Å². The van der Waals surface area contributed by atoms with Crippen LogP contribution in [0.4, 0.5) is 8.78 Å². The maximum Gasteiger partial charge on any atom is 0.345 e. The van der Waals surface area contributed by atoms with E-state index < -0.39 is 58.9 Å². The first-order valence-corrected chi connectivity index (χ1v) is 17.3. The van der Waals surface area contributed by atoms with Crippen molar-refractivity contribution in [3.8, 4) is 11.5 Å². The molecule has 0 N–H and O–H groups in total. The van der Waals surface area contributed by atoms with Crippen LogP contribution in [-0.4, -0.2) is 25.2 Å². The fraction of sp³-hybridized carbons (Fsp3) is 0.220. The van der Waals surface area contributed by atoms with Crippen LogP contribution in [0.25, 0.3) is 0 Å². The molecule has 0 aliphatic heterocycles. The molecule has 0 fully saturated rings. The number of rotatable bonds is 13. The van der Waals surface area contributed by atoms with Crippen molar-refractivity contribution in [1.29, 1.82) is 0 Å². The lowest BCUT2D eigenvalue weighted by Crippen LogP contribution is -2.29. The number of hydrogen-bond acceptors (Lipinski definition) is 6. The largest absolute Gasteiger partial charge is 0.481 e. The lowest BCUT2D eigenvalue weighted by molar-refractivity contribution is -0.160. The highest BCUT2D eigenvalue weighted by Gasteiger charge is 2.32. The number of benzene rings is 5. The first-order valence-electron chi connectivity index (χ1n) is 16.0. The van der Waals surface area contributed by atoms with Gasteiger partial charge in [0.05, 0.1) is 10.9 Å². The Bertz CT molecular complexity index is 1810. The third-order valence-corrected chi connectivity index (χ3v) is 10.1. The van der Waals surface area contributed by atoms with E-state index in [1.165, 1.54) is 24.3 Å². The molecule has 0 heterocycles. The molecule has 50 heavy (non-hydrogen) atoms. The Kier molecular flexibility index (Phi) is 11.3. The molecule has 6 nitrogen and oxygen atoms in total. The second-order valence-corrected chi connectivity index (χ2v) is 14.6. The van der Waals surface area contributed by atoms with Gasteiger partial charge in [0.1, 0.15) is 34.3 Å². The van der Waals surface area contributed by atoms with Crippen molar-refractivity contribution in [2.45, 2.75) is 60.5 Å². The van der Waals surface area contributed by atoms with E-state index in [-0.39, 0.29) is 0 Å². The summed E-state index contributed by atoms with van der Waals surface area (Å²) in [4.78, 5) is 29.0. The topological polar surface area (TPSA) is 71.1 Å². The molecular weight excluding hydrogens is 659 g/mol. The summed E-state index contributed by atoms with van der Waals surface area (Å²) in [5, 5.41) is 0. The minimum Gasteiger partial charge on any atom is -0.481 e. The Morgan fingerprint density at radius 1 is 0.560 bits per heavy atom. The van der Waals surface area contributed by atoms with Gasteiger partial charge in [-0.25, -0.2) is 18.4 Å². The number of ether oxygens (including phenoxy) is 4. The second-order valence-electron chi connectivity index (χ2n) is 12.5. The zero-order chi connectivity index (χ0) is 35.9. The molecule has 5 aromatic rings. The van der Waals surface area contributed by atoms with Gasteiger partial charge in [-0.3, -0.25) is 0 Å². The van der Waals surface area contributed by atoms with E-state index in [1.807, 2.05) is 72.8 Å². The van der Waals surface area contributed by atoms with Crippen molar-refractivity contribution in [1.82, 2.24) is 0 Å². The van der Waals surface area contributed by atoms with Crippen LogP contribution < -0.4 is 9.47 Å². The summed E-state index contributed by atoms with van der Waals surface area (Å²) in [5.74, 6) is -1.46. The van der Waals surface area contributed by atoms with Crippen molar-refractivity contribution in [2.75, 3.05) is 13.2 Å². The molecule has 5 aromatic carbocycles. The van der Waals surface area contributed by atoms with Crippen LogP contribution in [-0.2, 0) is 41.2 Å². The second kappa shape index (κ2) is 15.6. The fourth-order valence-electron chi connectivity index (χ4n) is 5.32. The summed E-state index contributed by atoms with van der Waals surface area (Å²) < 4.78 is 51.4. The van der Waals surface area contributed by atoms with Gasteiger partial charge in [0.25, 0.3) is 0 Å². The lowest BCUT2D eigenvalue weighted by atomic mass is 9.98. The van der Waals surface area contributed by atoms with Gasteiger partial charge in [-0.2, -0.15) is 0 Å². The van der Waals surface area contributed by atoms with E-state index in [2.05, 4.69) is 0 Å². The van der Waals surface area contributed by atoms with Crippen molar-refractivity contribution in [2.24, 2.45) is 0 Å². The fourth-order valence-corrected chi connectivity index (χ4v) is 7.45. The predicted molar refractivity (Wildman–Crippen MR) is 188 cm³/mol. The van der Waals surface area contributed by atoms with Crippen molar-refractivity contribution in [3.63, 3.8) is 0 Å². The van der Waals surface area contributed by atoms with Gasteiger partial charge in [0.15, 0.2) is 27.9 Å². The van der Waals surface area contributed by atoms with Gasteiger partial charge in [0.2, 0.25) is 0 Å². The van der Waals surface area contributed by atoms with Gasteiger partial charge < -0.3 is 18.9 Å². The maximum atomic E-state index is 13.9. The molecule has 0 spiro atoms. The SMILES string of the molecule is Cc1c(OCC(=O)OC(C)(C)c2cccc(F)c2)cc([S+](c2ccccc2)c2ccccc2)cc1OCC(=O)OC(C)(C)c1cccc(F)c1. The average Bonchev–Trinajstić information content (AvgIpc) is 3.08. The van der Waals surface area contributed by atoms with Gasteiger partial charge in [-0.1, -0.05) is 60.7 Å². The lowest BCUT2D eigenvalue weighted by Gasteiger charge is -2.26. The summed E-state index contributed by atoms with van der Waals surface area (Å²) in [6.07, 6.45) is 0. The molecule has 9 heteroatoms. The van der Waals surface area contributed by atoms with Gasteiger partial charge >= 0.3 is 11.9 Å². The van der Waals surface area contributed by atoms with E-state index in [0.717, 1.165) is 14.7 Å². The Morgan fingerprint density at radius 2 is 0.960 bits per heavy atom. The van der Waals surface area contributed by atoms with Crippen LogP contribution >= 0.6 is 0 Å². The molecule has 0 saturated carbocycles. The monoisotopic (exact) mass is 697 g/mol. The number of carbonyl (C=O) groups excluding carboxylic acids is 2. The van der Waals surface area contributed by atoms with Crippen LogP contribution in [0, 0.1) is 18.6 Å². The van der Waals surface area contributed by atoms with Crippen LogP contribution in [0.1, 0.15) is 44.4 Å². The molecule has 0 aromatic heterocycles. The van der Waals surface area contributed by atoms with Crippen LogP contribution in [0.2, 0.25) is 0 Å². The van der Waals surface area contributed by atoms with E-state index in [1.54, 1.807) is 58.9 Å². The number of esters is 2. The molecular formula is C41H39F2O6S+. The Morgan fingerprint density at radius 3 is 1.34 bits per heavy atom. The van der Waals surface area contributed by atoms with Crippen molar-refractivity contribution < 1.29 is 37.3 Å². The highest BCUT2D eigenvalue weighted by atomic mass is 32.2.